The van der Waals surface area contributed by atoms with E-state index in [1.54, 1.807) is 27.5 Å². The molecule has 0 saturated heterocycles. The van der Waals surface area contributed by atoms with E-state index in [-0.39, 0.29) is 0 Å². The van der Waals surface area contributed by atoms with Gasteiger partial charge in [0.15, 0.2) is 11.5 Å². The Balaban J connectivity index is 1.89. The number of aromatic nitrogens is 2. The minimum atomic E-state index is 0.562. The number of hydrogen-bond acceptors (Lipinski definition) is 5. The van der Waals surface area contributed by atoms with Crippen LogP contribution in [0.15, 0.2) is 79.0 Å². The van der Waals surface area contributed by atoms with Crippen molar-refractivity contribution >= 4 is 21.8 Å². The summed E-state index contributed by atoms with van der Waals surface area (Å²) in [5.74, 6) is 1.77. The first kappa shape index (κ1) is 19.8. The zero-order chi connectivity index (χ0) is 22.1. The maximum atomic E-state index is 5.62. The maximum absolute atomic E-state index is 5.62. The SMILES string of the molecule is COc1cc(-c2cc(-c3ccccc3)nc3ccc4ncccc4c23)cc(OC)c1OC. The number of benzene rings is 3. The van der Waals surface area contributed by atoms with Gasteiger partial charge in [-0.15, -0.1) is 0 Å². The van der Waals surface area contributed by atoms with Gasteiger partial charge in [-0.3, -0.25) is 4.98 Å². The van der Waals surface area contributed by atoms with E-state index in [0.29, 0.717) is 17.2 Å². The van der Waals surface area contributed by atoms with Crippen LogP contribution >= 0.6 is 0 Å². The fourth-order valence-electron chi connectivity index (χ4n) is 4.11. The van der Waals surface area contributed by atoms with Crippen LogP contribution in [-0.4, -0.2) is 31.3 Å². The molecule has 3 aromatic carbocycles. The van der Waals surface area contributed by atoms with Gasteiger partial charge in [0.1, 0.15) is 0 Å². The molecular weight excluding hydrogens is 400 g/mol. The van der Waals surface area contributed by atoms with Crippen LogP contribution in [0.1, 0.15) is 0 Å². The molecule has 0 radical (unpaired) electrons. The highest BCUT2D eigenvalue weighted by Crippen LogP contribution is 2.44. The van der Waals surface area contributed by atoms with E-state index >= 15 is 0 Å². The topological polar surface area (TPSA) is 53.5 Å². The Morgan fingerprint density at radius 3 is 2.06 bits per heavy atom. The van der Waals surface area contributed by atoms with Gasteiger partial charge in [-0.1, -0.05) is 36.4 Å². The molecule has 5 nitrogen and oxygen atoms in total. The average molecular weight is 422 g/mol. The molecule has 5 rings (SSSR count). The van der Waals surface area contributed by atoms with Crippen molar-refractivity contribution in [2.24, 2.45) is 0 Å². The van der Waals surface area contributed by atoms with E-state index < -0.39 is 0 Å². The second kappa shape index (κ2) is 8.19. The molecule has 0 unspecified atom stereocenters. The molecule has 0 aliphatic rings. The Hall–Kier alpha value is -4.12. The molecule has 0 saturated carbocycles. The molecule has 0 amide bonds. The second-order valence-corrected chi connectivity index (χ2v) is 7.36. The molecule has 0 fully saturated rings. The van der Waals surface area contributed by atoms with Crippen LogP contribution in [0, 0.1) is 0 Å². The molecule has 0 aliphatic heterocycles. The van der Waals surface area contributed by atoms with Gasteiger partial charge < -0.3 is 14.2 Å². The third kappa shape index (κ3) is 3.28. The summed E-state index contributed by atoms with van der Waals surface area (Å²) in [6.07, 6.45) is 1.80. The predicted molar refractivity (Wildman–Crippen MR) is 128 cm³/mol. The molecule has 0 aliphatic carbocycles. The molecular formula is C27H22N2O3. The summed E-state index contributed by atoms with van der Waals surface area (Å²) in [4.78, 5) is 9.53. The van der Waals surface area contributed by atoms with Gasteiger partial charge in [-0.25, -0.2) is 4.98 Å². The highest BCUT2D eigenvalue weighted by molar-refractivity contribution is 6.13. The first-order valence-electron chi connectivity index (χ1n) is 10.3. The van der Waals surface area contributed by atoms with E-state index in [0.717, 1.165) is 44.2 Å². The summed E-state index contributed by atoms with van der Waals surface area (Å²) in [6.45, 7) is 0. The van der Waals surface area contributed by atoms with E-state index in [1.807, 2.05) is 48.5 Å². The normalized spacial score (nSPS) is 11.0. The van der Waals surface area contributed by atoms with Crippen molar-refractivity contribution < 1.29 is 14.2 Å². The molecule has 5 heteroatoms. The lowest BCUT2D eigenvalue weighted by atomic mass is 9.95. The van der Waals surface area contributed by atoms with Crippen LogP contribution in [0.4, 0.5) is 0 Å². The van der Waals surface area contributed by atoms with Crippen molar-refractivity contribution in [2.75, 3.05) is 21.3 Å². The minimum Gasteiger partial charge on any atom is -0.493 e. The van der Waals surface area contributed by atoms with Gasteiger partial charge in [0.25, 0.3) is 0 Å². The highest BCUT2D eigenvalue weighted by atomic mass is 16.5. The fraction of sp³-hybridized carbons (Fsp3) is 0.111. The number of hydrogen-bond donors (Lipinski definition) is 0. The molecule has 158 valence electrons. The quantitative estimate of drug-likeness (QED) is 0.318. The fourth-order valence-corrected chi connectivity index (χ4v) is 4.11. The van der Waals surface area contributed by atoms with Crippen molar-refractivity contribution in [2.45, 2.75) is 0 Å². The maximum Gasteiger partial charge on any atom is 0.203 e. The predicted octanol–water partition coefficient (Wildman–Crippen LogP) is 6.14. The molecule has 0 atom stereocenters. The highest BCUT2D eigenvalue weighted by Gasteiger charge is 2.18. The van der Waals surface area contributed by atoms with Gasteiger partial charge in [-0.05, 0) is 47.5 Å². The third-order valence-corrected chi connectivity index (χ3v) is 5.60. The van der Waals surface area contributed by atoms with E-state index in [4.69, 9.17) is 19.2 Å². The number of methoxy groups -OCH3 is 3. The van der Waals surface area contributed by atoms with Crippen LogP contribution < -0.4 is 14.2 Å². The molecule has 2 heterocycles. The van der Waals surface area contributed by atoms with Crippen LogP contribution in [-0.2, 0) is 0 Å². The van der Waals surface area contributed by atoms with Gasteiger partial charge in [0.05, 0.1) is 38.1 Å². The largest absolute Gasteiger partial charge is 0.493 e. The lowest BCUT2D eigenvalue weighted by Crippen LogP contribution is -1.97. The van der Waals surface area contributed by atoms with E-state index in [9.17, 15) is 0 Å². The Morgan fingerprint density at radius 2 is 1.38 bits per heavy atom. The number of fused-ring (bicyclic) bond motifs is 3. The van der Waals surface area contributed by atoms with E-state index in [1.165, 1.54) is 0 Å². The van der Waals surface area contributed by atoms with Crippen LogP contribution in [0.2, 0.25) is 0 Å². The summed E-state index contributed by atoms with van der Waals surface area (Å²) < 4.78 is 16.8. The molecule has 0 spiro atoms. The van der Waals surface area contributed by atoms with Crippen molar-refractivity contribution in [1.29, 1.82) is 0 Å². The Kier molecular flexibility index (Phi) is 5.07. The minimum absolute atomic E-state index is 0.562. The summed E-state index contributed by atoms with van der Waals surface area (Å²) in [6, 6.07) is 24.3. The lowest BCUT2D eigenvalue weighted by Gasteiger charge is -2.17. The molecule has 5 aromatic rings. The van der Waals surface area contributed by atoms with E-state index in [2.05, 4.69) is 29.2 Å². The van der Waals surface area contributed by atoms with Crippen LogP contribution in [0.5, 0.6) is 17.2 Å². The van der Waals surface area contributed by atoms with Crippen LogP contribution in [0.3, 0.4) is 0 Å². The smallest absolute Gasteiger partial charge is 0.203 e. The van der Waals surface area contributed by atoms with Gasteiger partial charge in [0.2, 0.25) is 5.75 Å². The Morgan fingerprint density at radius 1 is 0.656 bits per heavy atom. The summed E-state index contributed by atoms with van der Waals surface area (Å²) in [5, 5.41) is 2.07. The molecule has 0 N–H and O–H groups in total. The second-order valence-electron chi connectivity index (χ2n) is 7.36. The van der Waals surface area contributed by atoms with Crippen molar-refractivity contribution in [3.05, 3.63) is 79.0 Å². The third-order valence-electron chi connectivity index (χ3n) is 5.60. The number of pyridine rings is 2. The van der Waals surface area contributed by atoms with Gasteiger partial charge >= 0.3 is 0 Å². The zero-order valence-corrected chi connectivity index (χ0v) is 18.1. The monoisotopic (exact) mass is 422 g/mol. The molecule has 0 bridgehead atoms. The number of rotatable bonds is 5. The number of nitrogens with zero attached hydrogens (tertiary/aromatic N) is 2. The van der Waals surface area contributed by atoms with Gasteiger partial charge in [0, 0.05) is 22.5 Å². The summed E-state index contributed by atoms with van der Waals surface area (Å²) in [5.41, 5.74) is 5.73. The average Bonchev–Trinajstić information content (AvgIpc) is 2.87. The van der Waals surface area contributed by atoms with Crippen molar-refractivity contribution in [3.63, 3.8) is 0 Å². The Bertz CT molecular complexity index is 1410. The summed E-state index contributed by atoms with van der Waals surface area (Å²) >= 11 is 0. The lowest BCUT2D eigenvalue weighted by molar-refractivity contribution is 0.324. The van der Waals surface area contributed by atoms with Crippen molar-refractivity contribution in [3.8, 4) is 39.6 Å². The molecule has 2 aromatic heterocycles. The standard InChI is InChI=1S/C27H22N2O3/c1-30-24-14-18(15-25(31-2)27(24)32-3)20-16-23(17-8-5-4-6-9-17)29-22-12-11-21-19(26(20)22)10-7-13-28-21/h4-16H,1-3H3. The van der Waals surface area contributed by atoms with Crippen LogP contribution in [0.25, 0.3) is 44.2 Å². The first-order chi connectivity index (χ1) is 15.7. The Labute approximate surface area is 186 Å². The first-order valence-corrected chi connectivity index (χ1v) is 10.3. The van der Waals surface area contributed by atoms with Crippen molar-refractivity contribution in [1.82, 2.24) is 9.97 Å². The summed E-state index contributed by atoms with van der Waals surface area (Å²) in [7, 11) is 4.86. The molecule has 32 heavy (non-hydrogen) atoms. The van der Waals surface area contributed by atoms with Gasteiger partial charge in [-0.2, -0.15) is 0 Å². The number of ether oxygens (including phenoxy) is 3. The zero-order valence-electron chi connectivity index (χ0n) is 18.1.